The lowest BCUT2D eigenvalue weighted by atomic mass is 10.0. The number of carbonyl (C=O) groups is 2. The zero-order chi connectivity index (χ0) is 23.6. The van der Waals surface area contributed by atoms with Crippen molar-refractivity contribution in [1.82, 2.24) is 20.6 Å². The summed E-state index contributed by atoms with van der Waals surface area (Å²) >= 11 is 1.69. The number of rotatable bonds is 13. The van der Waals surface area contributed by atoms with Gasteiger partial charge in [-0.25, -0.2) is 5.10 Å². The van der Waals surface area contributed by atoms with Crippen LogP contribution in [0.5, 0.6) is 11.5 Å². The van der Waals surface area contributed by atoms with Crippen molar-refractivity contribution >= 4 is 23.3 Å². The number of ketones is 2. The van der Waals surface area contributed by atoms with Crippen LogP contribution in [0.25, 0.3) is 0 Å². The molecule has 0 unspecified atom stereocenters. The molecular formula is C24H28N4O4S. The Kier molecular flexibility index (Phi) is 9.00. The third kappa shape index (κ3) is 6.89. The molecule has 0 aliphatic rings. The molecule has 0 radical (unpaired) electrons. The number of phenolic OH excluding ortho intramolecular Hbond substituents is 1. The zero-order valence-corrected chi connectivity index (χ0v) is 19.7. The molecule has 0 spiro atoms. The maximum Gasteiger partial charge on any atom is 0.163 e. The van der Waals surface area contributed by atoms with E-state index in [4.69, 9.17) is 4.74 Å². The number of Topliss-reactive ketones (excluding diaryl/α,β-unsaturated/α-hetero) is 2. The highest BCUT2D eigenvalue weighted by atomic mass is 32.2. The summed E-state index contributed by atoms with van der Waals surface area (Å²) in [5, 5.41) is 23.9. The molecule has 3 rings (SSSR count). The lowest BCUT2D eigenvalue weighted by Crippen LogP contribution is -2.04. The van der Waals surface area contributed by atoms with Gasteiger partial charge in [-0.3, -0.25) is 9.59 Å². The Labute approximate surface area is 197 Å². The Morgan fingerprint density at radius 3 is 2.58 bits per heavy atom. The van der Waals surface area contributed by atoms with Crippen molar-refractivity contribution in [3.63, 3.8) is 0 Å². The summed E-state index contributed by atoms with van der Waals surface area (Å²) < 4.78 is 5.91. The number of aromatic nitrogens is 4. The number of aromatic amines is 1. The highest BCUT2D eigenvalue weighted by Crippen LogP contribution is 2.33. The average molecular weight is 469 g/mol. The third-order valence-corrected chi connectivity index (χ3v) is 6.19. The predicted molar refractivity (Wildman–Crippen MR) is 126 cm³/mol. The molecule has 1 aromatic heterocycles. The summed E-state index contributed by atoms with van der Waals surface area (Å²) in [5.41, 5.74) is 1.70. The maximum atomic E-state index is 12.3. The normalized spacial score (nSPS) is 10.8. The Bertz CT molecular complexity index is 1070. The third-order valence-electron chi connectivity index (χ3n) is 5.09. The van der Waals surface area contributed by atoms with E-state index >= 15 is 0 Å². The maximum absolute atomic E-state index is 12.3. The van der Waals surface area contributed by atoms with Crippen molar-refractivity contribution in [2.24, 2.45) is 0 Å². The Morgan fingerprint density at radius 2 is 1.91 bits per heavy atom. The van der Waals surface area contributed by atoms with Crippen LogP contribution in [0.15, 0.2) is 41.3 Å². The fourth-order valence-electron chi connectivity index (χ4n) is 3.36. The van der Waals surface area contributed by atoms with E-state index in [2.05, 4.69) is 20.6 Å². The van der Waals surface area contributed by atoms with Gasteiger partial charge in [0.2, 0.25) is 0 Å². The van der Waals surface area contributed by atoms with Crippen LogP contribution < -0.4 is 4.74 Å². The molecule has 0 aliphatic heterocycles. The van der Waals surface area contributed by atoms with E-state index in [0.29, 0.717) is 54.1 Å². The summed E-state index contributed by atoms with van der Waals surface area (Å²) in [6, 6.07) is 11.0. The number of benzene rings is 2. The van der Waals surface area contributed by atoms with Crippen molar-refractivity contribution < 1.29 is 19.4 Å². The number of hydrogen-bond acceptors (Lipinski definition) is 8. The van der Waals surface area contributed by atoms with Gasteiger partial charge >= 0.3 is 0 Å². The molecule has 9 heteroatoms. The van der Waals surface area contributed by atoms with E-state index in [1.165, 1.54) is 6.92 Å². The topological polar surface area (TPSA) is 118 Å². The van der Waals surface area contributed by atoms with E-state index in [1.807, 2.05) is 31.2 Å². The second-order valence-corrected chi connectivity index (χ2v) is 8.76. The van der Waals surface area contributed by atoms with E-state index in [9.17, 15) is 14.7 Å². The first-order chi connectivity index (χ1) is 16.0. The molecule has 1 heterocycles. The van der Waals surface area contributed by atoms with Gasteiger partial charge in [-0.05, 0) is 54.5 Å². The minimum Gasteiger partial charge on any atom is -0.507 e. The summed E-state index contributed by atoms with van der Waals surface area (Å²) in [7, 11) is 0. The first-order valence-electron chi connectivity index (χ1n) is 11.0. The molecule has 0 amide bonds. The van der Waals surface area contributed by atoms with Gasteiger partial charge in [0, 0.05) is 34.6 Å². The summed E-state index contributed by atoms with van der Waals surface area (Å²) in [4.78, 5) is 25.1. The fourth-order valence-corrected chi connectivity index (χ4v) is 4.18. The molecular weight excluding hydrogens is 440 g/mol. The van der Waals surface area contributed by atoms with Crippen LogP contribution in [-0.2, 0) is 12.8 Å². The summed E-state index contributed by atoms with van der Waals surface area (Å²) in [6.45, 7) is 3.98. The number of aromatic hydroxyl groups is 1. The molecule has 0 saturated carbocycles. The molecule has 0 bridgehead atoms. The fraction of sp³-hybridized carbons (Fsp3) is 0.375. The number of aryl methyl sites for hydroxylation is 1. The van der Waals surface area contributed by atoms with Crippen molar-refractivity contribution in [2.75, 3.05) is 12.4 Å². The van der Waals surface area contributed by atoms with Gasteiger partial charge < -0.3 is 9.84 Å². The molecule has 0 saturated heterocycles. The number of nitrogens with zero attached hydrogens (tertiary/aromatic N) is 3. The van der Waals surface area contributed by atoms with Crippen LogP contribution in [0.1, 0.15) is 65.2 Å². The number of tetrazole rings is 1. The van der Waals surface area contributed by atoms with E-state index in [-0.39, 0.29) is 17.3 Å². The van der Waals surface area contributed by atoms with Gasteiger partial charge in [0.1, 0.15) is 17.3 Å². The molecule has 0 fully saturated rings. The van der Waals surface area contributed by atoms with Crippen LogP contribution in [-0.4, -0.2) is 49.7 Å². The van der Waals surface area contributed by atoms with E-state index < -0.39 is 0 Å². The first kappa shape index (κ1) is 24.4. The van der Waals surface area contributed by atoms with Gasteiger partial charge in [0.25, 0.3) is 0 Å². The Hall–Kier alpha value is -3.20. The minimum absolute atomic E-state index is 0.0309. The molecule has 3 aromatic rings. The van der Waals surface area contributed by atoms with Gasteiger partial charge in [-0.2, -0.15) is 0 Å². The van der Waals surface area contributed by atoms with E-state index in [0.717, 1.165) is 23.5 Å². The van der Waals surface area contributed by atoms with Crippen molar-refractivity contribution in [1.29, 1.82) is 0 Å². The van der Waals surface area contributed by atoms with Crippen molar-refractivity contribution in [3.8, 4) is 11.5 Å². The summed E-state index contributed by atoms with van der Waals surface area (Å²) in [6.07, 6.45) is 3.15. The monoisotopic (exact) mass is 468 g/mol. The highest BCUT2D eigenvalue weighted by molar-refractivity contribution is 7.99. The quantitative estimate of drug-likeness (QED) is 0.215. The predicted octanol–water partition coefficient (Wildman–Crippen LogP) is 4.44. The number of hydrogen-bond donors (Lipinski definition) is 2. The number of H-pyrrole nitrogens is 1. The average Bonchev–Trinajstić information content (AvgIpc) is 3.33. The number of thioether (sulfide) groups is 1. The lowest BCUT2D eigenvalue weighted by molar-refractivity contribution is 0.0980. The van der Waals surface area contributed by atoms with Crippen molar-refractivity contribution in [2.45, 2.75) is 50.8 Å². The molecule has 8 nitrogen and oxygen atoms in total. The summed E-state index contributed by atoms with van der Waals surface area (Å²) in [5.74, 6) is 2.01. The van der Waals surface area contributed by atoms with E-state index in [1.54, 1.807) is 23.9 Å². The van der Waals surface area contributed by atoms with Crippen LogP contribution in [0.4, 0.5) is 0 Å². The zero-order valence-electron chi connectivity index (χ0n) is 18.8. The highest BCUT2D eigenvalue weighted by Gasteiger charge is 2.15. The smallest absolute Gasteiger partial charge is 0.163 e. The number of ether oxygens (including phenoxy) is 1. The largest absolute Gasteiger partial charge is 0.507 e. The van der Waals surface area contributed by atoms with Crippen molar-refractivity contribution in [3.05, 3.63) is 58.9 Å². The number of phenols is 1. The minimum atomic E-state index is -0.160. The first-order valence-corrected chi connectivity index (χ1v) is 12.0. The van der Waals surface area contributed by atoms with Gasteiger partial charge in [-0.1, -0.05) is 25.5 Å². The lowest BCUT2D eigenvalue weighted by Gasteiger charge is -2.14. The Morgan fingerprint density at radius 1 is 1.12 bits per heavy atom. The molecule has 2 aromatic carbocycles. The second kappa shape index (κ2) is 12.2. The second-order valence-electron chi connectivity index (χ2n) is 7.59. The molecule has 174 valence electrons. The SMILES string of the molecule is CCCc1c(OCCCSc2ccc(C(=O)CCc3nnn[nH]3)cc2)ccc(C(C)=O)c1O. The number of carbonyl (C=O) groups excluding carboxylic acids is 2. The molecule has 33 heavy (non-hydrogen) atoms. The van der Waals surface area contributed by atoms with Crippen LogP contribution in [0, 0.1) is 0 Å². The Balaban J connectivity index is 1.44. The molecule has 2 N–H and O–H groups in total. The van der Waals surface area contributed by atoms with Crippen LogP contribution >= 0.6 is 11.8 Å². The van der Waals surface area contributed by atoms with Crippen LogP contribution in [0.3, 0.4) is 0 Å². The molecule has 0 atom stereocenters. The van der Waals surface area contributed by atoms with Gasteiger partial charge in [0.05, 0.1) is 12.2 Å². The van der Waals surface area contributed by atoms with Gasteiger partial charge in [0.15, 0.2) is 11.6 Å². The van der Waals surface area contributed by atoms with Gasteiger partial charge in [-0.15, -0.1) is 16.9 Å². The molecule has 0 aliphatic carbocycles. The van der Waals surface area contributed by atoms with Crippen LogP contribution in [0.2, 0.25) is 0 Å². The standard InChI is InChI=1S/C24H28N4O4S/c1-3-5-20-22(12-10-19(16(2)29)24(20)31)32-14-4-15-33-18-8-6-17(7-9-18)21(30)11-13-23-25-27-28-26-23/h6-10,12,31H,3-5,11,13-15H2,1-2H3,(H,25,26,27,28). The number of nitrogens with one attached hydrogen (secondary N) is 1.